The minimum atomic E-state index is -0.375. The van der Waals surface area contributed by atoms with E-state index in [1.807, 2.05) is 12.2 Å². The first kappa shape index (κ1) is 13.6. The van der Waals surface area contributed by atoms with Crippen molar-refractivity contribution in [1.82, 2.24) is 0 Å². The number of esters is 1. The molecule has 1 aliphatic carbocycles. The van der Waals surface area contributed by atoms with Crippen LogP contribution in [0.1, 0.15) is 39.0 Å². The summed E-state index contributed by atoms with van der Waals surface area (Å²) < 4.78 is 17.5. The molecule has 5 heteroatoms. The van der Waals surface area contributed by atoms with Crippen molar-refractivity contribution < 1.29 is 19.0 Å². The molecule has 108 valence electrons. The molecule has 0 aromatic carbocycles. The number of carbonyl (C=O) groups excluding carboxylic acids is 1. The van der Waals surface area contributed by atoms with Gasteiger partial charge in [-0.05, 0) is 25.3 Å². The van der Waals surface area contributed by atoms with Crippen LogP contribution in [0.15, 0.2) is 12.2 Å². The molecule has 0 saturated carbocycles. The fraction of sp³-hybridized carbons (Fsp3) is 0.733. The minimum Gasteiger partial charge on any atom is -0.456 e. The average molecular weight is 277 g/mol. The molecule has 0 amide bonds. The highest BCUT2D eigenvalue weighted by Gasteiger charge is 2.55. The average Bonchev–Trinajstić information content (AvgIpc) is 2.72. The van der Waals surface area contributed by atoms with Gasteiger partial charge < -0.3 is 14.2 Å². The number of fused-ring (bicyclic) bond motifs is 1. The maximum atomic E-state index is 11.1. The Balaban J connectivity index is 1.71. The lowest BCUT2D eigenvalue weighted by atomic mass is 9.82. The van der Waals surface area contributed by atoms with Gasteiger partial charge in [0.05, 0.1) is 18.3 Å². The van der Waals surface area contributed by atoms with Crippen LogP contribution in [-0.4, -0.2) is 36.0 Å². The Bertz CT molecular complexity index is 469. The molecule has 3 rings (SSSR count). The smallest absolute Gasteiger partial charge is 0.303 e. The van der Waals surface area contributed by atoms with Gasteiger partial charge in [0.2, 0.25) is 0 Å². The van der Waals surface area contributed by atoms with E-state index < -0.39 is 0 Å². The molecule has 2 heterocycles. The van der Waals surface area contributed by atoms with E-state index in [2.05, 4.69) is 6.07 Å². The molecule has 5 atom stereocenters. The highest BCUT2D eigenvalue weighted by molar-refractivity contribution is 5.66. The molecule has 2 bridgehead atoms. The summed E-state index contributed by atoms with van der Waals surface area (Å²) in [4.78, 5) is 11.1. The number of ether oxygens (including phenoxy) is 3. The lowest BCUT2D eigenvalue weighted by Crippen LogP contribution is -2.47. The van der Waals surface area contributed by atoms with E-state index in [0.717, 1.165) is 25.7 Å². The first-order chi connectivity index (χ1) is 9.63. The Kier molecular flexibility index (Phi) is 3.53. The number of rotatable bonds is 3. The highest BCUT2D eigenvalue weighted by atomic mass is 16.6. The summed E-state index contributed by atoms with van der Waals surface area (Å²) in [6.45, 7) is 1.41. The Morgan fingerprint density at radius 2 is 2.40 bits per heavy atom. The van der Waals surface area contributed by atoms with Gasteiger partial charge in [-0.15, -0.1) is 0 Å². The molecular formula is C15H19NO4. The van der Waals surface area contributed by atoms with E-state index in [9.17, 15) is 4.79 Å². The molecule has 1 spiro atoms. The van der Waals surface area contributed by atoms with Crippen molar-refractivity contribution in [3.05, 3.63) is 12.2 Å². The molecule has 0 N–H and O–H groups in total. The van der Waals surface area contributed by atoms with Gasteiger partial charge >= 0.3 is 5.97 Å². The molecule has 5 nitrogen and oxygen atoms in total. The number of hydrogen-bond acceptors (Lipinski definition) is 5. The Morgan fingerprint density at radius 3 is 3.15 bits per heavy atom. The summed E-state index contributed by atoms with van der Waals surface area (Å²) in [5.74, 6) is -0.290. The van der Waals surface area contributed by atoms with E-state index in [0.29, 0.717) is 6.42 Å². The van der Waals surface area contributed by atoms with Crippen LogP contribution in [0.3, 0.4) is 0 Å². The van der Waals surface area contributed by atoms with Crippen molar-refractivity contribution in [1.29, 1.82) is 5.26 Å². The molecule has 0 radical (unpaired) electrons. The van der Waals surface area contributed by atoms with Gasteiger partial charge in [-0.2, -0.15) is 5.26 Å². The van der Waals surface area contributed by atoms with Crippen LogP contribution < -0.4 is 0 Å². The number of carbonyl (C=O) groups is 1. The van der Waals surface area contributed by atoms with Gasteiger partial charge in [-0.1, -0.05) is 6.08 Å². The van der Waals surface area contributed by atoms with Crippen LogP contribution in [0.25, 0.3) is 0 Å². The summed E-state index contributed by atoms with van der Waals surface area (Å²) in [5, 5.41) is 8.68. The van der Waals surface area contributed by atoms with E-state index in [1.54, 1.807) is 0 Å². The van der Waals surface area contributed by atoms with E-state index in [-0.39, 0.29) is 36.0 Å². The van der Waals surface area contributed by atoms with E-state index in [4.69, 9.17) is 19.5 Å². The predicted octanol–water partition coefficient (Wildman–Crippen LogP) is 1.87. The van der Waals surface area contributed by atoms with Crippen LogP contribution in [0.2, 0.25) is 0 Å². The first-order valence-electron chi connectivity index (χ1n) is 7.20. The number of nitriles is 1. The van der Waals surface area contributed by atoms with Crippen molar-refractivity contribution in [3.63, 3.8) is 0 Å². The summed E-state index contributed by atoms with van der Waals surface area (Å²) in [7, 11) is 0. The van der Waals surface area contributed by atoms with Crippen LogP contribution in [0.4, 0.5) is 0 Å². The van der Waals surface area contributed by atoms with Crippen molar-refractivity contribution in [2.45, 2.75) is 69.0 Å². The molecule has 0 aromatic rings. The molecular weight excluding hydrogens is 258 g/mol. The van der Waals surface area contributed by atoms with Crippen molar-refractivity contribution in [3.8, 4) is 6.07 Å². The molecule has 2 saturated heterocycles. The number of nitrogens with zero attached hydrogens (tertiary/aromatic N) is 1. The second-order valence-electron chi connectivity index (χ2n) is 5.77. The Hall–Kier alpha value is -1.38. The summed E-state index contributed by atoms with van der Waals surface area (Å²) in [5.41, 5.74) is -0.375. The molecule has 20 heavy (non-hydrogen) atoms. The fourth-order valence-electron chi connectivity index (χ4n) is 3.49. The van der Waals surface area contributed by atoms with Gasteiger partial charge in [-0.25, -0.2) is 0 Å². The van der Waals surface area contributed by atoms with Crippen LogP contribution in [0, 0.1) is 11.3 Å². The first-order valence-corrected chi connectivity index (χ1v) is 7.20. The van der Waals surface area contributed by atoms with Gasteiger partial charge in [-0.3, -0.25) is 4.79 Å². The van der Waals surface area contributed by atoms with Crippen LogP contribution in [0.5, 0.6) is 0 Å². The normalized spacial score (nSPS) is 41.8. The SMILES string of the molecule is CC(=O)OC1C=C[C@]23C[C@H]1O[C@H]2CCC(CCC#N)O3. The summed E-state index contributed by atoms with van der Waals surface area (Å²) in [6.07, 6.45) is 7.55. The maximum Gasteiger partial charge on any atom is 0.303 e. The van der Waals surface area contributed by atoms with E-state index >= 15 is 0 Å². The van der Waals surface area contributed by atoms with Crippen LogP contribution >= 0.6 is 0 Å². The quantitative estimate of drug-likeness (QED) is 0.582. The van der Waals surface area contributed by atoms with Crippen molar-refractivity contribution in [2.24, 2.45) is 0 Å². The summed E-state index contributed by atoms with van der Waals surface area (Å²) >= 11 is 0. The van der Waals surface area contributed by atoms with Crippen molar-refractivity contribution in [2.75, 3.05) is 0 Å². The molecule has 2 aliphatic heterocycles. The summed E-state index contributed by atoms with van der Waals surface area (Å²) in [6, 6.07) is 2.17. The largest absolute Gasteiger partial charge is 0.456 e. The minimum absolute atomic E-state index is 0.0441. The molecule has 0 aromatic heterocycles. The third kappa shape index (κ3) is 2.34. The fourth-order valence-corrected chi connectivity index (χ4v) is 3.49. The van der Waals surface area contributed by atoms with Gasteiger partial charge in [0.25, 0.3) is 0 Å². The number of hydrogen-bond donors (Lipinski definition) is 0. The third-order valence-corrected chi connectivity index (χ3v) is 4.36. The molecule has 2 unspecified atom stereocenters. The lowest BCUT2D eigenvalue weighted by Gasteiger charge is -2.40. The standard InChI is InChI=1S/C15H19NO4/c1-10(17)18-12-6-7-15-9-13(12)19-14(15)5-4-11(20-15)3-2-8-16/h6-7,11-14H,2-5,9H2,1H3/t11?,12?,13-,14+,15+/m1/s1. The van der Waals surface area contributed by atoms with Gasteiger partial charge in [0.1, 0.15) is 17.8 Å². The topological polar surface area (TPSA) is 68.5 Å². The van der Waals surface area contributed by atoms with Gasteiger partial charge in [0.15, 0.2) is 0 Å². The zero-order valence-electron chi connectivity index (χ0n) is 11.6. The maximum absolute atomic E-state index is 11.1. The zero-order valence-corrected chi connectivity index (χ0v) is 11.6. The lowest BCUT2D eigenvalue weighted by molar-refractivity contribution is -0.152. The molecule has 2 fully saturated rings. The zero-order chi connectivity index (χ0) is 14.2. The highest BCUT2D eigenvalue weighted by Crippen LogP contribution is 2.47. The Labute approximate surface area is 118 Å². The van der Waals surface area contributed by atoms with Crippen LogP contribution in [-0.2, 0) is 19.0 Å². The van der Waals surface area contributed by atoms with Gasteiger partial charge in [0, 0.05) is 19.8 Å². The van der Waals surface area contributed by atoms with E-state index in [1.165, 1.54) is 6.92 Å². The third-order valence-electron chi connectivity index (χ3n) is 4.36. The second-order valence-corrected chi connectivity index (χ2v) is 5.77. The Morgan fingerprint density at radius 1 is 1.55 bits per heavy atom. The predicted molar refractivity (Wildman–Crippen MR) is 69.7 cm³/mol. The molecule has 3 aliphatic rings. The van der Waals surface area contributed by atoms with Crippen molar-refractivity contribution >= 4 is 5.97 Å². The monoisotopic (exact) mass is 277 g/mol. The second kappa shape index (κ2) is 5.19.